The molecule has 5 aliphatic heterocycles. The highest BCUT2D eigenvalue weighted by molar-refractivity contribution is 6.31. The quantitative estimate of drug-likeness (QED) is 0.0207. The van der Waals surface area contributed by atoms with E-state index in [1.54, 1.807) is 16.9 Å². The zero-order valence-corrected chi connectivity index (χ0v) is 98.5. The van der Waals surface area contributed by atoms with Crippen LogP contribution in [0.3, 0.4) is 0 Å². The number of nitrogens with zero attached hydrogens (tertiary/aromatic N) is 11. The predicted octanol–water partition coefficient (Wildman–Crippen LogP) is 27.4. The Kier molecular flexibility index (Phi) is 45.0. The Hall–Kier alpha value is -7.81. The summed E-state index contributed by atoms with van der Waals surface area (Å²) >= 11 is 5.99. The van der Waals surface area contributed by atoms with E-state index in [2.05, 4.69) is 292 Å². The number of unbranched alkanes of at least 4 members (excludes halogenated alkanes) is 15. The van der Waals surface area contributed by atoms with Gasteiger partial charge in [-0.25, -0.2) is 0 Å². The first-order valence-electron chi connectivity index (χ1n) is 55.3. The first-order chi connectivity index (χ1) is 67.4. The maximum Gasteiger partial charge on any atom is 0.306 e. The van der Waals surface area contributed by atoms with E-state index in [1.165, 1.54) is 17.5 Å². The number of ether oxygens (including phenoxy) is 6. The number of aryl methyl sites for hydroxylation is 1. The van der Waals surface area contributed by atoms with Gasteiger partial charge in [0.2, 0.25) is 0 Å². The summed E-state index contributed by atoms with van der Waals surface area (Å²) in [5, 5.41) is 40.4. The molecule has 5 saturated heterocycles. The van der Waals surface area contributed by atoms with Gasteiger partial charge in [-0.1, -0.05) is 175 Å². The van der Waals surface area contributed by atoms with Crippen LogP contribution in [-0.4, -0.2) is 229 Å². The van der Waals surface area contributed by atoms with Crippen molar-refractivity contribution < 1.29 is 67.4 Å². The van der Waals surface area contributed by atoms with E-state index in [0.29, 0.717) is 60.4 Å². The fourth-order valence-corrected chi connectivity index (χ4v) is 22.6. The van der Waals surface area contributed by atoms with Gasteiger partial charge in [0.25, 0.3) is 0 Å². The van der Waals surface area contributed by atoms with Gasteiger partial charge in [0.05, 0.1) is 7.11 Å². The van der Waals surface area contributed by atoms with Gasteiger partial charge in [0.1, 0.15) is 75.5 Å². The van der Waals surface area contributed by atoms with Gasteiger partial charge < -0.3 is 38.6 Å². The van der Waals surface area contributed by atoms with Crippen molar-refractivity contribution in [3.63, 3.8) is 0 Å². The van der Waals surface area contributed by atoms with Crippen molar-refractivity contribution in [2.75, 3.05) is 42.3 Å². The number of halogens is 1. The van der Waals surface area contributed by atoms with E-state index in [1.807, 2.05) is 55.5 Å². The predicted molar refractivity (Wildman–Crippen MR) is 594 cm³/mol. The minimum atomic E-state index is -0.166. The van der Waals surface area contributed by atoms with Gasteiger partial charge >= 0.3 is 35.8 Å². The second-order valence-corrected chi connectivity index (χ2v) is 52.3. The summed E-state index contributed by atoms with van der Waals surface area (Å²) in [4.78, 5) is 87.8. The van der Waals surface area contributed by atoms with Gasteiger partial charge in [0.15, 0.2) is 0 Å². The average Bonchev–Trinajstić information content (AvgIpc) is 1.62. The summed E-state index contributed by atoms with van der Waals surface area (Å²) < 4.78 is 33.8. The molecule has 26 heteroatoms. The van der Waals surface area contributed by atoms with Crippen molar-refractivity contribution in [1.82, 2.24) is 54.5 Å². The normalized spacial score (nSPS) is 19.7. The monoisotopic (exact) mass is 2050 g/mol. The van der Waals surface area contributed by atoms with Crippen LogP contribution in [0.2, 0.25) is 5.02 Å². The summed E-state index contributed by atoms with van der Waals surface area (Å²) in [6.45, 7) is 65.8. The number of aromatic hydroxyl groups is 2. The summed E-state index contributed by atoms with van der Waals surface area (Å²) in [5.74, 6) is 0.0683. The van der Waals surface area contributed by atoms with Gasteiger partial charge in [-0.2, -0.15) is 0 Å². The van der Waals surface area contributed by atoms with Gasteiger partial charge in [-0.3, -0.25) is 53.3 Å². The highest BCUT2D eigenvalue weighted by Crippen LogP contribution is 2.47. The van der Waals surface area contributed by atoms with Crippen molar-refractivity contribution in [2.45, 2.75) is 541 Å². The van der Waals surface area contributed by atoms with Crippen LogP contribution in [0.4, 0.5) is 0 Å². The third-order valence-corrected chi connectivity index (χ3v) is 33.8. The maximum atomic E-state index is 12.4. The lowest BCUT2D eigenvalue weighted by Gasteiger charge is -2.53. The van der Waals surface area contributed by atoms with Gasteiger partial charge in [-0.15, -0.1) is 30.0 Å². The number of hydrogen-bond donors (Lipinski definition) is 2. The first-order valence-corrected chi connectivity index (χ1v) is 55.6. The van der Waals surface area contributed by atoms with Crippen LogP contribution in [0, 0.1) is 6.92 Å². The van der Waals surface area contributed by atoms with E-state index < -0.39 is 0 Å². The van der Waals surface area contributed by atoms with Crippen LogP contribution in [-0.2, 0) is 73.4 Å². The number of carbonyl (C=O) groups excluding carboxylic acids is 6. The first kappa shape index (κ1) is 125. The SMILES string of the molecule is CCC(C)(C)c1cc(-n2nc3ccccc3n2)c(O)c(C(C)(C)CC)c1.CN1C(C)(C)CC(OC(=O)CCCCCCCCC(=O)OC2CC(C)(C)N(C)C(C)(C)C2)CC1(C)C.CN1C(C)(C)CC(OC(=O)CCCCCCCCC(=O)OC2CC(C)(C)N(C)C(C)(C)C2)CC1(C)C.COC(=O)CCCCCCCCC(=O)OC1CC(C)(C)N(C)C(C)(C)C1.Cc1cc(-n2nc3ccc(Cl)cc3n2)c(O)c(C(C)(C)C)c1. The Labute approximate surface area is 886 Å². The molecule has 6 aromatic rings. The molecule has 0 amide bonds. The zero-order valence-electron chi connectivity index (χ0n) is 97.8. The van der Waals surface area contributed by atoms with E-state index >= 15 is 0 Å². The molecule has 0 spiro atoms. The number of fused-ring (bicyclic) bond motifs is 2. The summed E-state index contributed by atoms with van der Waals surface area (Å²) in [5.41, 5.74) is 8.40. The molecule has 146 heavy (non-hydrogen) atoms. The largest absolute Gasteiger partial charge is 0.505 e. The van der Waals surface area contributed by atoms with Gasteiger partial charge in [-0.05, 0) is 302 Å². The maximum absolute atomic E-state index is 12.4. The molecule has 2 aromatic heterocycles. The molecule has 0 saturated carbocycles. The molecule has 4 aromatic carbocycles. The van der Waals surface area contributed by atoms with E-state index in [9.17, 15) is 39.0 Å². The lowest BCUT2D eigenvalue weighted by molar-refractivity contribution is -0.160. The van der Waals surface area contributed by atoms with Crippen molar-refractivity contribution in [3.05, 3.63) is 94.0 Å². The molecule has 11 rings (SSSR count). The number of phenols is 2. The number of likely N-dealkylation sites (tertiary alicyclic amines) is 5. The zero-order chi connectivity index (χ0) is 110. The molecular weight excluding hydrogens is 1850 g/mol. The van der Waals surface area contributed by atoms with Crippen LogP contribution < -0.4 is 0 Å². The average molecular weight is 2050 g/mol. The second kappa shape index (κ2) is 52.5. The van der Waals surface area contributed by atoms with Crippen LogP contribution in [0.5, 0.6) is 11.5 Å². The van der Waals surface area contributed by atoms with Gasteiger partial charge in [0, 0.05) is 174 Å². The minimum Gasteiger partial charge on any atom is -0.505 e. The number of methoxy groups -OCH3 is 1. The van der Waals surface area contributed by atoms with Crippen molar-refractivity contribution >= 4 is 69.5 Å². The topological polar surface area (TPSA) is 276 Å². The molecule has 5 fully saturated rings. The molecular formula is C120H198ClN11O14. The van der Waals surface area contributed by atoms with Crippen LogP contribution in [0.25, 0.3) is 33.4 Å². The Morgan fingerprint density at radius 3 is 0.829 bits per heavy atom. The fraction of sp³-hybridized carbons (Fsp3) is 0.750. The molecule has 0 radical (unpaired) electrons. The number of piperidine rings is 5. The van der Waals surface area contributed by atoms with Crippen LogP contribution >= 0.6 is 11.6 Å². The number of phenolic OH excluding ortho intramolecular Hbond substituents is 2. The lowest BCUT2D eigenvalue weighted by Crippen LogP contribution is -2.60. The number of rotatable bonds is 38. The van der Waals surface area contributed by atoms with E-state index in [0.717, 1.165) is 226 Å². The molecule has 0 unspecified atom stereocenters. The smallest absolute Gasteiger partial charge is 0.306 e. The van der Waals surface area contributed by atoms with Crippen molar-refractivity contribution in [3.8, 4) is 22.9 Å². The molecule has 7 heterocycles. The molecule has 0 aliphatic carbocycles. The lowest BCUT2D eigenvalue weighted by atomic mass is 9.76. The van der Waals surface area contributed by atoms with E-state index in [-0.39, 0.29) is 149 Å². The number of carbonyl (C=O) groups is 6. The molecule has 0 bridgehead atoms. The van der Waals surface area contributed by atoms with Crippen LogP contribution in [0.15, 0.2) is 66.7 Å². The molecule has 25 nitrogen and oxygen atoms in total. The number of hydrogen-bond acceptors (Lipinski definition) is 23. The third-order valence-electron chi connectivity index (χ3n) is 33.6. The van der Waals surface area contributed by atoms with Crippen molar-refractivity contribution in [1.29, 1.82) is 0 Å². The summed E-state index contributed by atoms with van der Waals surface area (Å²) in [6, 6.07) is 21.2. The second-order valence-electron chi connectivity index (χ2n) is 51.9. The Morgan fingerprint density at radius 2 is 0.568 bits per heavy atom. The Morgan fingerprint density at radius 1 is 0.329 bits per heavy atom. The Bertz CT molecular complexity index is 4830. The fourth-order valence-electron chi connectivity index (χ4n) is 22.4. The van der Waals surface area contributed by atoms with E-state index in [4.69, 9.17) is 35.3 Å². The Balaban J connectivity index is 0.000000250. The highest BCUT2D eigenvalue weighted by Gasteiger charge is 2.50. The summed E-state index contributed by atoms with van der Waals surface area (Å²) in [6.07, 6.45) is 31.9. The highest BCUT2D eigenvalue weighted by atomic mass is 35.5. The molecule has 824 valence electrons. The molecule has 2 N–H and O–H groups in total. The van der Waals surface area contributed by atoms with Crippen LogP contribution in [0.1, 0.15) is 454 Å². The van der Waals surface area contributed by atoms with Crippen molar-refractivity contribution in [2.24, 2.45) is 0 Å². The molecule has 5 aliphatic rings. The number of aromatic nitrogens is 6. The minimum absolute atomic E-state index is 0.00474. The molecule has 0 atom stereocenters. The standard InChI is InChI=1S/2C30H56N2O4.C22H29N3O.C21H39NO4.C17H18ClN3O/c2*1-27(2)19-23(20-28(3,4)31(27)9)35-25(33)17-15-13-11-12-14-16-18-26(34)36-24-21-29(5,6)32(10)30(7,8)22-24;1-7-21(3,4)15-13-16(22(5,6)8-2)20(26)19(14-15)25-23-17-11-9-10-12-18(17)24-25;1-20(2)15-17(16-21(3,4)22(20)5)26-19(24)14-12-10-8-7-9-11-13-18(23)25-6;1-10-7-12(17(2,3)4)16(22)15(8-10)21-19-13-6-5-11(18)9-14(13)20-21/h2*23-24H,11-22H2,1-10H3;9-14,26H,7-8H2,1-6H3;17H,7-16H2,1-6H3;5-9,22H,1-4H3. The third kappa shape index (κ3) is 36.5. The number of benzene rings is 4. The number of esters is 6. The summed E-state index contributed by atoms with van der Waals surface area (Å²) in [7, 11) is 12.2.